The number of benzene rings is 4. The van der Waals surface area contributed by atoms with E-state index in [0.717, 1.165) is 12.1 Å². The monoisotopic (exact) mass is 602 g/mol. The fraction of sp³-hybridized carbons (Fsp3) is 0.0625. The lowest BCUT2D eigenvalue weighted by atomic mass is 9.91. The zero-order valence-corrected chi connectivity index (χ0v) is 21.6. The standard InChI is InChI=1S/C32H10F8N4/c33-22-3-15(1-20(7-22)31(35,36)37)24-9-26-27-10-25(16-2-21(32(38,39)40)8-23(34)4-16)18(12-42)6-29(27)30(19(13-43)14-44)28(26)5-17(24)11-41/h1-10H. The molecule has 1 aliphatic rings. The van der Waals surface area contributed by atoms with Gasteiger partial charge in [-0.05, 0) is 94.0 Å². The molecule has 214 valence electrons. The highest BCUT2D eigenvalue weighted by Gasteiger charge is 2.34. The number of fused-ring (bicyclic) bond motifs is 3. The fourth-order valence-electron chi connectivity index (χ4n) is 5.09. The first-order valence-electron chi connectivity index (χ1n) is 12.2. The second kappa shape index (κ2) is 10.4. The zero-order valence-electron chi connectivity index (χ0n) is 21.6. The molecule has 44 heavy (non-hydrogen) atoms. The molecule has 0 atom stereocenters. The van der Waals surface area contributed by atoms with Crippen LogP contribution in [-0.2, 0) is 12.4 Å². The van der Waals surface area contributed by atoms with Crippen LogP contribution in [0.15, 0.2) is 66.2 Å². The van der Waals surface area contributed by atoms with E-state index in [1.807, 2.05) is 12.1 Å². The van der Waals surface area contributed by atoms with Crippen LogP contribution in [0.3, 0.4) is 0 Å². The van der Waals surface area contributed by atoms with Crippen molar-refractivity contribution in [2.75, 3.05) is 0 Å². The maximum atomic E-state index is 14.3. The SMILES string of the molecule is N#CC(C#N)=C1c2cc(C#N)c(-c3cc(F)cc(C(F)(F)F)c3)cc2-c2cc(-c3cc(F)cc(C(F)(F)F)c3)c(C#N)cc21. The molecule has 4 nitrogen and oxygen atoms in total. The van der Waals surface area contributed by atoms with E-state index in [1.165, 1.54) is 24.3 Å². The Hall–Kier alpha value is -5.98. The minimum atomic E-state index is -4.93. The minimum Gasteiger partial charge on any atom is -0.207 e. The number of allylic oxidation sites excluding steroid dienone is 1. The Balaban J connectivity index is 1.87. The van der Waals surface area contributed by atoms with Gasteiger partial charge in [0, 0.05) is 16.7 Å². The first-order chi connectivity index (χ1) is 20.7. The summed E-state index contributed by atoms with van der Waals surface area (Å²) in [5.41, 5.74) is -4.24. The number of nitriles is 4. The van der Waals surface area contributed by atoms with Crippen LogP contribution in [0.25, 0.3) is 39.0 Å². The molecule has 0 aliphatic heterocycles. The molecule has 0 spiro atoms. The summed E-state index contributed by atoms with van der Waals surface area (Å²) >= 11 is 0. The van der Waals surface area contributed by atoms with Crippen LogP contribution < -0.4 is 0 Å². The summed E-state index contributed by atoms with van der Waals surface area (Å²) < 4.78 is 109. The Morgan fingerprint density at radius 1 is 0.477 bits per heavy atom. The van der Waals surface area contributed by atoms with Crippen molar-refractivity contribution in [2.45, 2.75) is 12.4 Å². The molecule has 0 heterocycles. The van der Waals surface area contributed by atoms with Gasteiger partial charge in [0.1, 0.15) is 29.3 Å². The van der Waals surface area contributed by atoms with E-state index in [1.54, 1.807) is 12.1 Å². The molecule has 1 aliphatic carbocycles. The largest absolute Gasteiger partial charge is 0.416 e. The lowest BCUT2D eigenvalue weighted by Crippen LogP contribution is -2.06. The quantitative estimate of drug-likeness (QED) is 0.149. The molecule has 0 radical (unpaired) electrons. The van der Waals surface area contributed by atoms with E-state index < -0.39 is 40.7 Å². The Kier molecular flexibility index (Phi) is 6.96. The molecule has 12 heteroatoms. The topological polar surface area (TPSA) is 95.2 Å². The van der Waals surface area contributed by atoms with Crippen molar-refractivity contribution < 1.29 is 35.1 Å². The molecule has 4 aromatic rings. The van der Waals surface area contributed by atoms with Gasteiger partial charge in [-0.1, -0.05) is 0 Å². The third kappa shape index (κ3) is 5.00. The van der Waals surface area contributed by atoms with Crippen LogP contribution in [0.5, 0.6) is 0 Å². The highest BCUT2D eigenvalue weighted by molar-refractivity contribution is 6.07. The maximum Gasteiger partial charge on any atom is 0.416 e. The highest BCUT2D eigenvalue weighted by Crippen LogP contribution is 2.50. The zero-order chi connectivity index (χ0) is 32.1. The lowest BCUT2D eigenvalue weighted by molar-refractivity contribution is -0.138. The summed E-state index contributed by atoms with van der Waals surface area (Å²) in [7, 11) is 0. The van der Waals surface area contributed by atoms with E-state index in [9.17, 15) is 56.2 Å². The second-order valence-corrected chi connectivity index (χ2v) is 9.54. The van der Waals surface area contributed by atoms with Gasteiger partial charge in [0.2, 0.25) is 0 Å². The molecule has 0 saturated carbocycles. The summed E-state index contributed by atoms with van der Waals surface area (Å²) in [6.45, 7) is 0. The average molecular weight is 602 g/mol. The van der Waals surface area contributed by atoms with Crippen LogP contribution in [0.1, 0.15) is 33.4 Å². The van der Waals surface area contributed by atoms with Crippen LogP contribution in [0, 0.1) is 57.0 Å². The van der Waals surface area contributed by atoms with E-state index in [-0.39, 0.29) is 73.3 Å². The smallest absolute Gasteiger partial charge is 0.207 e. The van der Waals surface area contributed by atoms with Crippen molar-refractivity contribution in [1.82, 2.24) is 0 Å². The summed E-state index contributed by atoms with van der Waals surface area (Å²) in [6.07, 6.45) is -9.86. The molecule has 0 aromatic heterocycles. The predicted molar refractivity (Wildman–Crippen MR) is 139 cm³/mol. The number of halogens is 8. The lowest BCUT2D eigenvalue weighted by Gasteiger charge is -2.13. The summed E-state index contributed by atoms with van der Waals surface area (Å²) in [5, 5.41) is 39.1. The van der Waals surface area contributed by atoms with Gasteiger partial charge in [0.15, 0.2) is 0 Å². The molecule has 0 fully saturated rings. The van der Waals surface area contributed by atoms with E-state index in [2.05, 4.69) is 0 Å². The number of hydrogen-bond acceptors (Lipinski definition) is 4. The number of hydrogen-bond donors (Lipinski definition) is 0. The third-order valence-electron chi connectivity index (χ3n) is 6.93. The van der Waals surface area contributed by atoms with Gasteiger partial charge in [0.25, 0.3) is 0 Å². The molecular weight excluding hydrogens is 592 g/mol. The van der Waals surface area contributed by atoms with Crippen molar-refractivity contribution >= 4 is 5.57 Å². The van der Waals surface area contributed by atoms with Crippen molar-refractivity contribution in [3.05, 3.63) is 111 Å². The van der Waals surface area contributed by atoms with Crippen LogP contribution in [0.4, 0.5) is 35.1 Å². The molecule has 0 saturated heterocycles. The fourth-order valence-corrected chi connectivity index (χ4v) is 5.09. The molecule has 0 N–H and O–H groups in total. The summed E-state index contributed by atoms with van der Waals surface area (Å²) in [4.78, 5) is 0. The van der Waals surface area contributed by atoms with Gasteiger partial charge < -0.3 is 0 Å². The first-order valence-corrected chi connectivity index (χ1v) is 12.2. The van der Waals surface area contributed by atoms with Gasteiger partial charge in [-0.15, -0.1) is 0 Å². The van der Waals surface area contributed by atoms with Crippen LogP contribution >= 0.6 is 0 Å². The molecule has 5 rings (SSSR count). The molecule has 0 amide bonds. The molecule has 0 unspecified atom stereocenters. The van der Waals surface area contributed by atoms with E-state index in [4.69, 9.17) is 0 Å². The highest BCUT2D eigenvalue weighted by atomic mass is 19.4. The first kappa shape index (κ1) is 29.5. The number of alkyl halides is 6. The second-order valence-electron chi connectivity index (χ2n) is 9.54. The maximum absolute atomic E-state index is 14.3. The Labute approximate surface area is 243 Å². The van der Waals surface area contributed by atoms with Crippen LogP contribution in [-0.4, -0.2) is 0 Å². The van der Waals surface area contributed by atoms with Gasteiger partial charge in [-0.25, -0.2) is 8.78 Å². The summed E-state index contributed by atoms with van der Waals surface area (Å²) in [6, 6.07) is 15.2. The third-order valence-corrected chi connectivity index (χ3v) is 6.93. The van der Waals surface area contributed by atoms with Crippen LogP contribution in [0.2, 0.25) is 0 Å². The van der Waals surface area contributed by atoms with Gasteiger partial charge in [-0.2, -0.15) is 47.4 Å². The normalized spacial score (nSPS) is 12.0. The van der Waals surface area contributed by atoms with E-state index >= 15 is 0 Å². The van der Waals surface area contributed by atoms with Crippen molar-refractivity contribution in [1.29, 1.82) is 21.0 Å². The Bertz CT molecular complexity index is 1960. The molecule has 4 aromatic carbocycles. The summed E-state index contributed by atoms with van der Waals surface area (Å²) in [5.74, 6) is -2.49. The minimum absolute atomic E-state index is 0.0449. The Morgan fingerprint density at radius 3 is 1.18 bits per heavy atom. The van der Waals surface area contributed by atoms with Crippen molar-refractivity contribution in [3.63, 3.8) is 0 Å². The number of nitrogens with zero attached hydrogens (tertiary/aromatic N) is 4. The molecular formula is C32H10F8N4. The predicted octanol–water partition coefficient (Wildman–Crippen LogP) is 8.91. The van der Waals surface area contributed by atoms with Crippen molar-refractivity contribution in [3.8, 4) is 57.7 Å². The Morgan fingerprint density at radius 2 is 0.864 bits per heavy atom. The number of rotatable bonds is 2. The van der Waals surface area contributed by atoms with Gasteiger partial charge >= 0.3 is 12.4 Å². The molecule has 0 bridgehead atoms. The van der Waals surface area contributed by atoms with E-state index in [0.29, 0.717) is 12.1 Å². The van der Waals surface area contributed by atoms with Gasteiger partial charge in [-0.3, -0.25) is 0 Å². The average Bonchev–Trinajstić information content (AvgIpc) is 3.27. The van der Waals surface area contributed by atoms with Gasteiger partial charge in [0.05, 0.1) is 34.4 Å². The van der Waals surface area contributed by atoms with Crippen molar-refractivity contribution in [2.24, 2.45) is 0 Å².